The van der Waals surface area contributed by atoms with Gasteiger partial charge in [0.25, 0.3) is 35.4 Å². The third-order valence-electron chi connectivity index (χ3n) is 3.38. The normalized spacial score (nSPS) is 10.5. The lowest BCUT2D eigenvalue weighted by Crippen LogP contribution is -2.23. The second-order valence-electron chi connectivity index (χ2n) is 5.29. The molecule has 0 aliphatic rings. The van der Waals surface area contributed by atoms with Gasteiger partial charge >= 0.3 is 0 Å². The highest BCUT2D eigenvalue weighted by Gasteiger charge is 2.31. The van der Waals surface area contributed by atoms with E-state index in [1.807, 2.05) is 0 Å². The monoisotopic (exact) mass is 488 g/mol. The largest absolute Gasteiger partial charge is 0.366 e. The van der Waals surface area contributed by atoms with Crippen molar-refractivity contribution in [2.24, 2.45) is 34.4 Å². The van der Waals surface area contributed by atoms with Gasteiger partial charge in [-0.1, -0.05) is 0 Å². The molecule has 0 radical (unpaired) electrons. The van der Waals surface area contributed by atoms with Crippen LogP contribution in [0.4, 0.5) is 0 Å². The minimum Gasteiger partial charge on any atom is -0.366 e. The van der Waals surface area contributed by atoms with E-state index in [-0.39, 0.29) is 29.3 Å². The third-order valence-corrected chi connectivity index (χ3v) is 9.05. The molecule has 12 N–H and O–H groups in total. The van der Waals surface area contributed by atoms with E-state index in [1.54, 1.807) is 0 Å². The van der Waals surface area contributed by atoms with Crippen LogP contribution in [0.2, 0.25) is 0 Å². The summed E-state index contributed by atoms with van der Waals surface area (Å²) in [6.07, 6.45) is 0. The van der Waals surface area contributed by atoms with Gasteiger partial charge in [-0.2, -0.15) is 0 Å². The van der Waals surface area contributed by atoms with Crippen LogP contribution in [0.5, 0.6) is 0 Å². The Balaban J connectivity index is 2.60. The predicted octanol–water partition coefficient (Wildman–Crippen LogP) is -0.798. The van der Waals surface area contributed by atoms with E-state index >= 15 is 0 Å². The fraction of sp³-hybridized carbons (Fsp3) is 0. The Morgan fingerprint density at radius 3 is 0.933 bits per heavy atom. The molecule has 0 atom stereocenters. The molecule has 0 aliphatic heterocycles. The minimum absolute atomic E-state index is 0.0696. The highest BCUT2D eigenvalue weighted by atomic mass is 33.1. The van der Waals surface area contributed by atoms with E-state index in [0.717, 1.165) is 21.6 Å². The summed E-state index contributed by atoms with van der Waals surface area (Å²) in [4.78, 5) is 69.8. The van der Waals surface area contributed by atoms with Gasteiger partial charge in [0, 0.05) is 0 Å². The zero-order valence-corrected chi connectivity index (χ0v) is 17.8. The maximum absolute atomic E-state index is 11.9. The number of carbonyl (C=O) groups excluding carboxylic acids is 6. The summed E-state index contributed by atoms with van der Waals surface area (Å²) in [5, 5.41) is 0. The lowest BCUT2D eigenvalue weighted by Gasteiger charge is -2.03. The van der Waals surface area contributed by atoms with Gasteiger partial charge in [0.05, 0.1) is 30.7 Å². The van der Waals surface area contributed by atoms with Gasteiger partial charge < -0.3 is 34.4 Å². The van der Waals surface area contributed by atoms with Crippen molar-refractivity contribution < 1.29 is 28.8 Å². The van der Waals surface area contributed by atoms with Crippen LogP contribution in [0, 0.1) is 0 Å². The predicted molar refractivity (Wildman–Crippen MR) is 111 cm³/mol. The molecule has 6 amide bonds. The first kappa shape index (κ1) is 23.2. The first-order chi connectivity index (χ1) is 13.9. The molecule has 0 unspecified atom stereocenters. The van der Waals surface area contributed by atoms with Crippen LogP contribution in [0.3, 0.4) is 0 Å². The van der Waals surface area contributed by atoms with E-state index in [9.17, 15) is 28.8 Å². The molecule has 0 saturated heterocycles. The summed E-state index contributed by atoms with van der Waals surface area (Å²) < 4.78 is 0.139. The van der Waals surface area contributed by atoms with E-state index in [4.69, 9.17) is 34.4 Å². The van der Waals surface area contributed by atoms with Crippen LogP contribution in [0.1, 0.15) is 60.8 Å². The number of thiophene rings is 2. The van der Waals surface area contributed by atoms with Crippen molar-refractivity contribution in [1.82, 2.24) is 0 Å². The number of carbonyl (C=O) groups is 6. The van der Waals surface area contributed by atoms with Gasteiger partial charge in [0.2, 0.25) is 0 Å². The zero-order valence-electron chi connectivity index (χ0n) is 14.5. The summed E-state index contributed by atoms with van der Waals surface area (Å²) in [5.74, 6) is -6.29. The van der Waals surface area contributed by atoms with Gasteiger partial charge in [-0.25, -0.2) is 0 Å². The van der Waals surface area contributed by atoms with Crippen LogP contribution in [-0.2, 0) is 0 Å². The number of primary amides is 6. The number of amides is 6. The fourth-order valence-corrected chi connectivity index (χ4v) is 7.74. The van der Waals surface area contributed by atoms with E-state index in [0.29, 0.717) is 22.7 Å². The van der Waals surface area contributed by atoms with Crippen molar-refractivity contribution in [3.63, 3.8) is 0 Å². The van der Waals surface area contributed by atoms with Gasteiger partial charge in [-0.15, -0.1) is 22.7 Å². The Bertz CT molecular complexity index is 1050. The van der Waals surface area contributed by atoms with Crippen molar-refractivity contribution in [2.75, 3.05) is 0 Å². The first-order valence-corrected chi connectivity index (χ1v) is 11.1. The number of hydrogen-bond donors (Lipinski definition) is 6. The van der Waals surface area contributed by atoms with E-state index in [2.05, 4.69) is 0 Å². The molecule has 2 rings (SSSR count). The second-order valence-corrected chi connectivity index (χ2v) is 10.00. The molecule has 158 valence electrons. The maximum atomic E-state index is 11.9. The summed E-state index contributed by atoms with van der Waals surface area (Å²) in [6, 6.07) is 0. The molecule has 0 aliphatic carbocycles. The van der Waals surface area contributed by atoms with Crippen LogP contribution in [0.25, 0.3) is 0 Å². The molecule has 12 nitrogen and oxygen atoms in total. The van der Waals surface area contributed by atoms with Crippen LogP contribution >= 0.6 is 44.3 Å². The Kier molecular flexibility index (Phi) is 6.76. The Labute approximate surface area is 183 Å². The lowest BCUT2D eigenvalue weighted by molar-refractivity contribution is 0.0955. The molecule has 2 aromatic rings. The summed E-state index contributed by atoms with van der Waals surface area (Å²) in [5.41, 5.74) is 30.0. The smallest absolute Gasteiger partial charge is 0.259 e. The number of nitrogens with two attached hydrogens (primary N) is 6. The number of hydrogen-bond acceptors (Lipinski definition) is 10. The molecule has 0 aromatic carbocycles. The Morgan fingerprint density at radius 2 is 0.733 bits per heavy atom. The second kappa shape index (κ2) is 8.74. The SMILES string of the molecule is NC(=O)c1sc(SSc2sc(C(N)=O)c(C(N)=O)c2C(N)=O)c(C(N)=O)c1C(N)=O. The first-order valence-electron chi connectivity index (χ1n) is 7.35. The average Bonchev–Trinajstić information content (AvgIpc) is 3.19. The quantitative estimate of drug-likeness (QED) is 0.243. The fourth-order valence-electron chi connectivity index (χ4n) is 2.28. The Morgan fingerprint density at radius 1 is 0.467 bits per heavy atom. The third kappa shape index (κ3) is 4.25. The van der Waals surface area contributed by atoms with Gasteiger partial charge in [-0.05, 0) is 21.6 Å². The van der Waals surface area contributed by atoms with Crippen molar-refractivity contribution >= 4 is 79.7 Å². The van der Waals surface area contributed by atoms with Crippen molar-refractivity contribution in [1.29, 1.82) is 0 Å². The molecular weight excluding hydrogens is 476 g/mol. The molecule has 2 heterocycles. The van der Waals surface area contributed by atoms with Crippen molar-refractivity contribution in [3.8, 4) is 0 Å². The molecule has 0 spiro atoms. The van der Waals surface area contributed by atoms with Gasteiger partial charge in [0.1, 0.15) is 9.75 Å². The molecule has 30 heavy (non-hydrogen) atoms. The van der Waals surface area contributed by atoms with Crippen LogP contribution < -0.4 is 34.4 Å². The molecule has 16 heteroatoms. The standard InChI is InChI=1S/C14H12N6O6S4/c15-7(21)1-3(9(17)23)13(27-5(1)11(19)25)29-30-14-4(10(18)24)2(8(16)22)6(28-14)12(20)26/h(H2,15,21)(H2,16,22)(H2,17,23)(H2,18,24)(H2,19,25)(H2,20,26). The van der Waals surface area contributed by atoms with Crippen LogP contribution in [-0.4, -0.2) is 35.4 Å². The minimum atomic E-state index is -1.09. The summed E-state index contributed by atoms with van der Waals surface area (Å²) in [7, 11) is 1.59. The lowest BCUT2D eigenvalue weighted by atomic mass is 10.1. The molecule has 0 saturated carbocycles. The van der Waals surface area contributed by atoms with Crippen molar-refractivity contribution in [2.45, 2.75) is 8.42 Å². The summed E-state index contributed by atoms with van der Waals surface area (Å²) >= 11 is 1.36. The van der Waals surface area contributed by atoms with Crippen molar-refractivity contribution in [3.05, 3.63) is 32.0 Å². The molecule has 0 fully saturated rings. The highest BCUT2D eigenvalue weighted by Crippen LogP contribution is 2.48. The maximum Gasteiger partial charge on any atom is 0.259 e. The molecule has 2 aromatic heterocycles. The molecular formula is C14H12N6O6S4. The molecule has 0 bridgehead atoms. The van der Waals surface area contributed by atoms with E-state index in [1.165, 1.54) is 0 Å². The number of rotatable bonds is 9. The average molecular weight is 489 g/mol. The van der Waals surface area contributed by atoms with Crippen LogP contribution in [0.15, 0.2) is 8.42 Å². The topological polar surface area (TPSA) is 259 Å². The Hall–Kier alpha value is -3.08. The van der Waals surface area contributed by atoms with E-state index < -0.39 is 46.6 Å². The van der Waals surface area contributed by atoms with Gasteiger partial charge in [-0.3, -0.25) is 28.8 Å². The van der Waals surface area contributed by atoms with Gasteiger partial charge in [0.15, 0.2) is 0 Å². The highest BCUT2D eigenvalue weighted by molar-refractivity contribution is 8.77. The summed E-state index contributed by atoms with van der Waals surface area (Å²) in [6.45, 7) is 0. The zero-order chi connectivity index (χ0) is 22.9.